The van der Waals surface area contributed by atoms with Crippen LogP contribution in [0.2, 0.25) is 5.02 Å². The molecular formula is C14H15ClN4O2S. The van der Waals surface area contributed by atoms with Gasteiger partial charge in [0.1, 0.15) is 5.69 Å². The Hall–Kier alpha value is -1.86. The molecule has 0 radical (unpaired) electrons. The molecule has 22 heavy (non-hydrogen) atoms. The highest BCUT2D eigenvalue weighted by atomic mass is 35.5. The Kier molecular flexibility index (Phi) is 5.57. The molecule has 0 saturated heterocycles. The van der Waals surface area contributed by atoms with Gasteiger partial charge in [-0.2, -0.15) is 0 Å². The Morgan fingerprint density at radius 3 is 2.86 bits per heavy atom. The van der Waals surface area contributed by atoms with E-state index in [9.17, 15) is 9.59 Å². The molecule has 1 aromatic heterocycles. The van der Waals surface area contributed by atoms with Crippen LogP contribution in [-0.4, -0.2) is 26.3 Å². The molecule has 2 N–H and O–H groups in total. The van der Waals surface area contributed by atoms with Crippen LogP contribution in [-0.2, 0) is 4.79 Å². The second-order valence-electron chi connectivity index (χ2n) is 4.56. The van der Waals surface area contributed by atoms with E-state index in [1.54, 1.807) is 31.2 Å². The van der Waals surface area contributed by atoms with Gasteiger partial charge in [-0.25, -0.2) is 0 Å². The van der Waals surface area contributed by atoms with Crippen molar-refractivity contribution >= 4 is 35.0 Å². The van der Waals surface area contributed by atoms with Gasteiger partial charge in [0, 0.05) is 10.7 Å². The average Bonchev–Trinajstić information content (AvgIpc) is 2.48. The Bertz CT molecular complexity index is 735. The normalized spacial score (nSPS) is 12.0. The van der Waals surface area contributed by atoms with Gasteiger partial charge in [0.15, 0.2) is 5.16 Å². The van der Waals surface area contributed by atoms with E-state index < -0.39 is 5.25 Å². The molecule has 0 aliphatic heterocycles. The summed E-state index contributed by atoms with van der Waals surface area (Å²) in [7, 11) is 0. The first-order valence-corrected chi connectivity index (χ1v) is 7.92. The minimum absolute atomic E-state index is 0.182. The van der Waals surface area contributed by atoms with Gasteiger partial charge in [-0.3, -0.25) is 14.6 Å². The van der Waals surface area contributed by atoms with Crippen LogP contribution in [0.5, 0.6) is 0 Å². The highest BCUT2D eigenvalue weighted by Crippen LogP contribution is 2.23. The Labute approximate surface area is 136 Å². The summed E-state index contributed by atoms with van der Waals surface area (Å²) in [5.41, 5.74) is 0.614. The topological polar surface area (TPSA) is 87.7 Å². The number of amides is 1. The summed E-state index contributed by atoms with van der Waals surface area (Å²) in [6.07, 6.45) is 0.578. The Morgan fingerprint density at radius 2 is 2.23 bits per heavy atom. The molecule has 2 rings (SSSR count). The predicted molar refractivity (Wildman–Crippen MR) is 87.4 cm³/mol. The smallest absolute Gasteiger partial charge is 0.273 e. The number of hydrogen-bond donors (Lipinski definition) is 2. The van der Waals surface area contributed by atoms with Crippen molar-refractivity contribution in [3.8, 4) is 0 Å². The van der Waals surface area contributed by atoms with Gasteiger partial charge in [0.2, 0.25) is 5.91 Å². The fraction of sp³-hybridized carbons (Fsp3) is 0.286. The van der Waals surface area contributed by atoms with E-state index in [-0.39, 0.29) is 11.5 Å². The number of anilines is 1. The standard InChI is InChI=1S/C14H15ClN4O2S/c1-3-11(22-14-17-12(20)8(2)18-19-14)13(21)16-10-6-4-5-9(15)7-10/h4-7,11H,3H2,1-2H3,(H,16,21)(H,17,19,20). The van der Waals surface area contributed by atoms with Crippen molar-refractivity contribution in [2.24, 2.45) is 0 Å². The first-order valence-electron chi connectivity index (χ1n) is 6.66. The zero-order valence-corrected chi connectivity index (χ0v) is 13.7. The van der Waals surface area contributed by atoms with Crippen molar-refractivity contribution in [2.45, 2.75) is 30.7 Å². The molecule has 1 unspecified atom stereocenters. The lowest BCUT2D eigenvalue weighted by Crippen LogP contribution is -2.25. The fourth-order valence-electron chi connectivity index (χ4n) is 1.68. The van der Waals surface area contributed by atoms with Crippen LogP contribution >= 0.6 is 23.4 Å². The number of nitrogens with zero attached hydrogens (tertiary/aromatic N) is 2. The molecule has 0 spiro atoms. The van der Waals surface area contributed by atoms with Gasteiger partial charge in [0.05, 0.1) is 5.25 Å². The number of benzene rings is 1. The number of nitrogens with one attached hydrogen (secondary N) is 2. The number of thioether (sulfide) groups is 1. The molecule has 1 atom stereocenters. The van der Waals surface area contributed by atoms with Crippen molar-refractivity contribution < 1.29 is 4.79 Å². The number of hydrogen-bond acceptors (Lipinski definition) is 5. The third-order valence-corrected chi connectivity index (χ3v) is 4.32. The van der Waals surface area contributed by atoms with E-state index in [1.165, 1.54) is 11.8 Å². The number of halogens is 1. The van der Waals surface area contributed by atoms with Crippen molar-refractivity contribution in [1.29, 1.82) is 0 Å². The number of carbonyl (C=O) groups excluding carboxylic acids is 1. The van der Waals surface area contributed by atoms with Crippen LogP contribution in [0.1, 0.15) is 19.0 Å². The lowest BCUT2D eigenvalue weighted by atomic mass is 10.3. The summed E-state index contributed by atoms with van der Waals surface area (Å²) in [5, 5.41) is 10.9. The second kappa shape index (κ2) is 7.42. The molecule has 0 aliphatic rings. The average molecular weight is 339 g/mol. The number of aromatic nitrogens is 3. The molecular weight excluding hydrogens is 324 g/mol. The van der Waals surface area contributed by atoms with Gasteiger partial charge in [-0.05, 0) is 31.5 Å². The van der Waals surface area contributed by atoms with Crippen LogP contribution in [0.25, 0.3) is 0 Å². The predicted octanol–water partition coefficient (Wildman–Crippen LogP) is 2.64. The maximum atomic E-state index is 12.3. The van der Waals surface area contributed by atoms with E-state index in [2.05, 4.69) is 20.5 Å². The third kappa shape index (κ3) is 4.32. The zero-order chi connectivity index (χ0) is 16.1. The molecule has 1 heterocycles. The lowest BCUT2D eigenvalue weighted by molar-refractivity contribution is -0.115. The summed E-state index contributed by atoms with van der Waals surface area (Å²) in [6.45, 7) is 3.46. The first kappa shape index (κ1) is 16.5. The molecule has 1 amide bonds. The van der Waals surface area contributed by atoms with Gasteiger partial charge >= 0.3 is 0 Å². The van der Waals surface area contributed by atoms with Crippen molar-refractivity contribution in [3.63, 3.8) is 0 Å². The van der Waals surface area contributed by atoms with E-state index in [0.717, 1.165) is 0 Å². The minimum Gasteiger partial charge on any atom is -0.325 e. The molecule has 2 aromatic rings. The first-order chi connectivity index (χ1) is 10.5. The summed E-state index contributed by atoms with van der Waals surface area (Å²) < 4.78 is 0. The molecule has 6 nitrogen and oxygen atoms in total. The summed E-state index contributed by atoms with van der Waals surface area (Å²) >= 11 is 7.06. The minimum atomic E-state index is -0.397. The molecule has 0 aliphatic carbocycles. The molecule has 0 bridgehead atoms. The van der Waals surface area contributed by atoms with E-state index >= 15 is 0 Å². The molecule has 8 heteroatoms. The number of aromatic amines is 1. The van der Waals surface area contributed by atoms with Gasteiger partial charge in [0.25, 0.3) is 5.56 Å². The van der Waals surface area contributed by atoms with E-state index in [1.807, 2.05) is 6.92 Å². The Morgan fingerprint density at radius 1 is 1.45 bits per heavy atom. The molecule has 0 saturated carbocycles. The highest BCUT2D eigenvalue weighted by Gasteiger charge is 2.19. The second-order valence-corrected chi connectivity index (χ2v) is 6.19. The third-order valence-electron chi connectivity index (χ3n) is 2.85. The quantitative estimate of drug-likeness (QED) is 0.818. The monoisotopic (exact) mass is 338 g/mol. The zero-order valence-electron chi connectivity index (χ0n) is 12.1. The summed E-state index contributed by atoms with van der Waals surface area (Å²) in [5.74, 6) is -0.182. The molecule has 1 aromatic carbocycles. The number of H-pyrrole nitrogens is 1. The molecule has 116 valence electrons. The van der Waals surface area contributed by atoms with Gasteiger partial charge in [-0.15, -0.1) is 10.2 Å². The maximum absolute atomic E-state index is 12.3. The SMILES string of the molecule is CCC(Sc1nnc(C)c(=O)[nH]1)C(=O)Nc1cccc(Cl)c1. The highest BCUT2D eigenvalue weighted by molar-refractivity contribution is 8.00. The van der Waals surface area contributed by atoms with Gasteiger partial charge < -0.3 is 5.32 Å². The van der Waals surface area contributed by atoms with Gasteiger partial charge in [-0.1, -0.05) is 36.4 Å². The van der Waals surface area contributed by atoms with Crippen LogP contribution in [0.15, 0.2) is 34.2 Å². The van der Waals surface area contributed by atoms with Crippen molar-refractivity contribution in [1.82, 2.24) is 15.2 Å². The Balaban J connectivity index is 2.08. The number of rotatable bonds is 5. The van der Waals surface area contributed by atoms with Crippen LogP contribution in [0.4, 0.5) is 5.69 Å². The fourth-order valence-corrected chi connectivity index (χ4v) is 2.71. The summed E-state index contributed by atoms with van der Waals surface area (Å²) in [6, 6.07) is 6.92. The van der Waals surface area contributed by atoms with Crippen molar-refractivity contribution in [3.05, 3.63) is 45.3 Å². The van der Waals surface area contributed by atoms with E-state index in [4.69, 9.17) is 11.6 Å². The maximum Gasteiger partial charge on any atom is 0.273 e. The molecule has 0 fully saturated rings. The largest absolute Gasteiger partial charge is 0.325 e. The van der Waals surface area contributed by atoms with Crippen LogP contribution < -0.4 is 10.9 Å². The number of aryl methyl sites for hydroxylation is 1. The number of carbonyl (C=O) groups is 1. The summed E-state index contributed by atoms with van der Waals surface area (Å²) in [4.78, 5) is 26.4. The van der Waals surface area contributed by atoms with Crippen LogP contribution in [0.3, 0.4) is 0 Å². The van der Waals surface area contributed by atoms with E-state index in [0.29, 0.717) is 28.0 Å². The van der Waals surface area contributed by atoms with Crippen LogP contribution in [0, 0.1) is 6.92 Å². The lowest BCUT2D eigenvalue weighted by Gasteiger charge is -2.13. The van der Waals surface area contributed by atoms with Crippen molar-refractivity contribution in [2.75, 3.05) is 5.32 Å².